The molecule has 1 aromatic carbocycles. The number of methoxy groups -OCH3 is 1. The van der Waals surface area contributed by atoms with Gasteiger partial charge in [-0.2, -0.15) is 0 Å². The lowest BCUT2D eigenvalue weighted by atomic mass is 10.0. The number of rotatable bonds is 11. The maximum atomic E-state index is 12.5. The Hall–Kier alpha value is -2.78. The van der Waals surface area contributed by atoms with Crippen molar-refractivity contribution in [1.29, 1.82) is 0 Å². The van der Waals surface area contributed by atoms with E-state index >= 15 is 0 Å². The zero-order valence-corrected chi connectivity index (χ0v) is 20.8. The molecule has 0 bridgehead atoms. The molecule has 5 N–H and O–H groups in total. The van der Waals surface area contributed by atoms with Gasteiger partial charge in [-0.3, -0.25) is 0 Å². The van der Waals surface area contributed by atoms with Crippen molar-refractivity contribution < 1.29 is 41.4 Å². The van der Waals surface area contributed by atoms with Crippen LogP contribution in [0.2, 0.25) is 0 Å². The van der Waals surface area contributed by atoms with Gasteiger partial charge in [-0.25, -0.2) is 31.6 Å². The number of hydrogen-bond donors (Lipinski definition) is 4. The third-order valence-corrected chi connectivity index (χ3v) is 9.01. The van der Waals surface area contributed by atoms with Crippen molar-refractivity contribution in [2.45, 2.75) is 27.8 Å². The molecule has 14 heteroatoms. The molecule has 0 amide bonds. The molecule has 188 valence electrons. The zero-order chi connectivity index (χ0) is 25.9. The number of carboxylic acids is 2. The second-order valence-electron chi connectivity index (χ2n) is 6.62. The molecule has 0 aliphatic heterocycles. The van der Waals surface area contributed by atoms with Crippen LogP contribution in [-0.4, -0.2) is 58.4 Å². The number of sulfonamides is 1. The Morgan fingerprint density at radius 3 is 1.97 bits per heavy atom. The summed E-state index contributed by atoms with van der Waals surface area (Å²) < 4.78 is 52.7. The minimum Gasteiger partial charge on any atom is -0.497 e. The third kappa shape index (κ3) is 10.0. The number of carbonyl (C=O) groups is 2. The van der Waals surface area contributed by atoms with E-state index in [4.69, 9.17) is 20.1 Å². The summed E-state index contributed by atoms with van der Waals surface area (Å²) in [6.45, 7) is 2.63. The largest absolute Gasteiger partial charge is 0.497 e. The molecule has 0 aliphatic rings. The molecule has 34 heavy (non-hydrogen) atoms. The number of hydrogen-bond acceptors (Lipinski definition) is 9. The van der Waals surface area contributed by atoms with Crippen LogP contribution in [0.15, 0.2) is 57.0 Å². The lowest BCUT2D eigenvalue weighted by Gasteiger charge is -2.18. The van der Waals surface area contributed by atoms with Gasteiger partial charge in [0.15, 0.2) is 9.84 Å². The fourth-order valence-electron chi connectivity index (χ4n) is 2.61. The molecule has 0 radical (unpaired) electrons. The maximum Gasteiger partial charge on any atom is 0.328 e. The normalized spacial score (nSPS) is 12.6. The second-order valence-corrected chi connectivity index (χ2v) is 11.8. The quantitative estimate of drug-likeness (QED) is 0.308. The molecule has 0 saturated carbocycles. The molecule has 2 aromatic rings. The molecule has 0 spiro atoms. The Balaban J connectivity index is 0.000000620. The molecule has 2 rings (SSSR count). The minimum absolute atomic E-state index is 0.00602. The molecule has 1 atom stereocenters. The highest BCUT2D eigenvalue weighted by Gasteiger charge is 2.22. The van der Waals surface area contributed by atoms with Crippen LogP contribution in [0.5, 0.6) is 5.75 Å². The van der Waals surface area contributed by atoms with Crippen LogP contribution >= 0.6 is 11.3 Å². The first kappa shape index (κ1) is 29.3. The van der Waals surface area contributed by atoms with Gasteiger partial charge >= 0.3 is 11.9 Å². The third-order valence-electron chi connectivity index (χ3n) is 4.16. The van der Waals surface area contributed by atoms with Crippen molar-refractivity contribution in [1.82, 2.24) is 5.32 Å². The van der Waals surface area contributed by atoms with Gasteiger partial charge in [-0.15, -0.1) is 11.3 Å². The molecule has 11 nitrogen and oxygen atoms in total. The number of sulfone groups is 1. The predicted molar refractivity (Wildman–Crippen MR) is 126 cm³/mol. The van der Waals surface area contributed by atoms with Gasteiger partial charge in [0.25, 0.3) is 0 Å². The average Bonchev–Trinajstić information content (AvgIpc) is 3.28. The summed E-state index contributed by atoms with van der Waals surface area (Å²) in [7, 11) is -5.92. The Bertz CT molecular complexity index is 1190. The molecule has 1 aromatic heterocycles. The topological polar surface area (TPSA) is 190 Å². The van der Waals surface area contributed by atoms with Crippen molar-refractivity contribution in [3.8, 4) is 5.75 Å². The van der Waals surface area contributed by atoms with Crippen molar-refractivity contribution >= 4 is 43.1 Å². The van der Waals surface area contributed by atoms with Crippen LogP contribution in [0.1, 0.15) is 24.9 Å². The molecule has 0 aliphatic carbocycles. The lowest BCUT2D eigenvalue weighted by molar-refractivity contribution is -0.134. The molecule has 1 heterocycles. The van der Waals surface area contributed by atoms with E-state index in [-0.39, 0.29) is 20.2 Å². The van der Waals surface area contributed by atoms with E-state index in [1.165, 1.54) is 12.1 Å². The Morgan fingerprint density at radius 2 is 1.56 bits per heavy atom. The van der Waals surface area contributed by atoms with Crippen LogP contribution in [0, 0.1) is 0 Å². The fourth-order valence-corrected chi connectivity index (χ4v) is 6.28. The number of carboxylic acid groups (broad SMARTS) is 2. The number of thiophene rings is 1. The van der Waals surface area contributed by atoms with Crippen molar-refractivity contribution in [3.05, 3.63) is 54.1 Å². The minimum atomic E-state index is -3.90. The number of nitrogens with two attached hydrogens (primary N) is 1. The van der Waals surface area contributed by atoms with E-state index < -0.39 is 31.8 Å². The van der Waals surface area contributed by atoms with Crippen molar-refractivity contribution in [2.24, 2.45) is 5.14 Å². The fraction of sp³-hybridized carbons (Fsp3) is 0.300. The summed E-state index contributed by atoms with van der Waals surface area (Å²) in [5, 5.41) is 23.9. The van der Waals surface area contributed by atoms with E-state index in [0.29, 0.717) is 36.5 Å². The monoisotopic (exact) mass is 534 g/mol. The number of nitrogens with one attached hydrogen (secondary N) is 1. The number of primary sulfonamides is 1. The summed E-state index contributed by atoms with van der Waals surface area (Å²) in [5.74, 6) is -1.90. The number of benzene rings is 1. The summed E-state index contributed by atoms with van der Waals surface area (Å²) >= 11 is 0.675. The molecule has 0 saturated heterocycles. The summed E-state index contributed by atoms with van der Waals surface area (Å²) in [5.41, 5.74) is 0.958. The number of ether oxygens (including phenoxy) is 1. The molecular weight excluding hydrogens is 508 g/mol. The van der Waals surface area contributed by atoms with Gasteiger partial charge < -0.3 is 20.3 Å². The van der Waals surface area contributed by atoms with E-state index in [0.717, 1.165) is 11.3 Å². The van der Waals surface area contributed by atoms with E-state index in [1.807, 2.05) is 31.2 Å². The first-order valence-electron chi connectivity index (χ1n) is 9.66. The van der Waals surface area contributed by atoms with E-state index in [1.54, 1.807) is 7.11 Å². The van der Waals surface area contributed by atoms with Gasteiger partial charge in [0.05, 0.1) is 12.9 Å². The van der Waals surface area contributed by atoms with Gasteiger partial charge in [0, 0.05) is 18.2 Å². The standard InChI is InChI=1S/C16H22N2O5S3.C4H4O4/c1-3-18-14(12-4-6-13(23-2)7-5-12)10-11-25(19,20)15-8-9-16(24-15)26(17,21)22;5-3(6)1-2-4(7)8/h4-9,14,18H,3,10-11H2,1-2H3,(H2,17,21,22);1-2H,(H,5,6)(H,7,8). The summed E-state index contributed by atoms with van der Waals surface area (Å²) in [4.78, 5) is 19.1. The summed E-state index contributed by atoms with van der Waals surface area (Å²) in [6.07, 6.45) is 1.47. The molecular formula is C20H26N2O9S3. The molecule has 1 unspecified atom stereocenters. The predicted octanol–water partition coefficient (Wildman–Crippen LogP) is 1.63. The van der Waals surface area contributed by atoms with Crippen LogP contribution in [0.25, 0.3) is 0 Å². The highest BCUT2D eigenvalue weighted by atomic mass is 32.3. The highest BCUT2D eigenvalue weighted by Crippen LogP contribution is 2.28. The second kappa shape index (κ2) is 13.2. The average molecular weight is 535 g/mol. The van der Waals surface area contributed by atoms with Gasteiger partial charge in [0.2, 0.25) is 10.0 Å². The van der Waals surface area contributed by atoms with E-state index in [9.17, 15) is 26.4 Å². The maximum absolute atomic E-state index is 12.5. The zero-order valence-electron chi connectivity index (χ0n) is 18.4. The Labute approximate surface area is 201 Å². The van der Waals surface area contributed by atoms with Crippen molar-refractivity contribution in [2.75, 3.05) is 19.4 Å². The first-order chi connectivity index (χ1) is 15.8. The van der Waals surface area contributed by atoms with Crippen molar-refractivity contribution in [3.63, 3.8) is 0 Å². The van der Waals surface area contributed by atoms with Gasteiger partial charge in [-0.05, 0) is 42.8 Å². The van der Waals surface area contributed by atoms with Gasteiger partial charge in [0.1, 0.15) is 14.2 Å². The Morgan fingerprint density at radius 1 is 1.03 bits per heavy atom. The summed E-state index contributed by atoms with van der Waals surface area (Å²) in [6, 6.07) is 9.80. The van der Waals surface area contributed by atoms with Crippen LogP contribution in [0.4, 0.5) is 0 Å². The molecule has 0 fully saturated rings. The van der Waals surface area contributed by atoms with Gasteiger partial charge in [-0.1, -0.05) is 19.1 Å². The van der Waals surface area contributed by atoms with Crippen LogP contribution in [0.3, 0.4) is 0 Å². The SMILES string of the molecule is CCNC(CCS(=O)(=O)c1ccc(S(N)(=O)=O)s1)c1ccc(OC)cc1.O=C(O)C=CC(=O)O. The van der Waals surface area contributed by atoms with E-state index in [2.05, 4.69) is 5.32 Å². The number of aliphatic carboxylic acids is 2. The highest BCUT2D eigenvalue weighted by molar-refractivity contribution is 7.95. The Kier molecular flexibility index (Phi) is 11.4. The smallest absolute Gasteiger partial charge is 0.328 e. The first-order valence-corrected chi connectivity index (χ1v) is 13.7. The van der Waals surface area contributed by atoms with Crippen LogP contribution < -0.4 is 15.2 Å². The van der Waals surface area contributed by atoms with Crippen LogP contribution in [-0.2, 0) is 29.4 Å². The lowest BCUT2D eigenvalue weighted by Crippen LogP contribution is -2.23.